The standard InChI is InChI=1S/C12H9NOS/c1-7-6-15-12-10(7)8-4-2-3-5-9(8)11(14)13-12/h2-6H,1H3,(H,13,14). The molecule has 1 aromatic carbocycles. The van der Waals surface area contributed by atoms with E-state index in [0.29, 0.717) is 0 Å². The molecule has 3 rings (SSSR count). The van der Waals surface area contributed by atoms with Crippen molar-refractivity contribution in [3.63, 3.8) is 0 Å². The second-order valence-corrected chi connectivity index (χ2v) is 4.50. The van der Waals surface area contributed by atoms with Crippen molar-refractivity contribution < 1.29 is 0 Å². The van der Waals surface area contributed by atoms with E-state index in [2.05, 4.69) is 17.3 Å². The van der Waals surface area contributed by atoms with Gasteiger partial charge in [-0.05, 0) is 29.3 Å². The summed E-state index contributed by atoms with van der Waals surface area (Å²) in [7, 11) is 0. The van der Waals surface area contributed by atoms with E-state index in [1.807, 2.05) is 24.3 Å². The highest BCUT2D eigenvalue weighted by atomic mass is 32.1. The maximum atomic E-state index is 11.8. The summed E-state index contributed by atoms with van der Waals surface area (Å²) in [5, 5.41) is 5.07. The van der Waals surface area contributed by atoms with Crippen LogP contribution in [0.25, 0.3) is 21.0 Å². The maximum absolute atomic E-state index is 11.8. The van der Waals surface area contributed by atoms with Gasteiger partial charge in [0.05, 0.1) is 0 Å². The first kappa shape index (κ1) is 8.68. The molecule has 2 heterocycles. The predicted molar refractivity (Wildman–Crippen MR) is 64.7 cm³/mol. The fourth-order valence-corrected chi connectivity index (χ4v) is 2.89. The van der Waals surface area contributed by atoms with Crippen LogP contribution in [0.15, 0.2) is 34.4 Å². The molecular weight excluding hydrogens is 206 g/mol. The van der Waals surface area contributed by atoms with E-state index in [-0.39, 0.29) is 5.56 Å². The van der Waals surface area contributed by atoms with Crippen LogP contribution in [0.4, 0.5) is 0 Å². The number of rotatable bonds is 0. The number of benzene rings is 1. The van der Waals surface area contributed by atoms with Crippen LogP contribution >= 0.6 is 11.3 Å². The summed E-state index contributed by atoms with van der Waals surface area (Å²) in [6, 6.07) is 7.74. The van der Waals surface area contributed by atoms with Crippen LogP contribution < -0.4 is 5.56 Å². The molecule has 2 nitrogen and oxygen atoms in total. The second kappa shape index (κ2) is 2.94. The van der Waals surface area contributed by atoms with E-state index in [4.69, 9.17) is 0 Å². The molecule has 3 heteroatoms. The van der Waals surface area contributed by atoms with Crippen LogP contribution in [0.2, 0.25) is 0 Å². The average Bonchev–Trinajstić information content (AvgIpc) is 2.61. The Morgan fingerprint density at radius 2 is 1.93 bits per heavy atom. The molecule has 0 fully saturated rings. The lowest BCUT2D eigenvalue weighted by molar-refractivity contribution is 1.36. The Hall–Kier alpha value is -1.61. The van der Waals surface area contributed by atoms with E-state index in [9.17, 15) is 4.79 Å². The largest absolute Gasteiger partial charge is 0.313 e. The number of hydrogen-bond acceptors (Lipinski definition) is 2. The van der Waals surface area contributed by atoms with Gasteiger partial charge in [0.1, 0.15) is 4.83 Å². The monoisotopic (exact) mass is 215 g/mol. The summed E-state index contributed by atoms with van der Waals surface area (Å²) >= 11 is 1.59. The maximum Gasteiger partial charge on any atom is 0.256 e. The fourth-order valence-electron chi connectivity index (χ4n) is 1.94. The van der Waals surface area contributed by atoms with Crippen LogP contribution in [0, 0.1) is 6.92 Å². The second-order valence-electron chi connectivity index (χ2n) is 3.62. The highest BCUT2D eigenvalue weighted by molar-refractivity contribution is 7.17. The first-order chi connectivity index (χ1) is 7.27. The molecule has 3 aromatic rings. The number of pyridine rings is 1. The number of aromatic nitrogens is 1. The van der Waals surface area contributed by atoms with Crippen LogP contribution in [0.5, 0.6) is 0 Å². The Kier molecular flexibility index (Phi) is 1.70. The summed E-state index contributed by atoms with van der Waals surface area (Å²) in [5.41, 5.74) is 1.22. The highest BCUT2D eigenvalue weighted by Gasteiger charge is 2.07. The van der Waals surface area contributed by atoms with Crippen molar-refractivity contribution in [2.24, 2.45) is 0 Å². The molecule has 0 bridgehead atoms. The van der Waals surface area contributed by atoms with E-state index in [1.165, 1.54) is 10.9 Å². The molecule has 1 N–H and O–H groups in total. The molecule has 0 saturated carbocycles. The third kappa shape index (κ3) is 1.13. The van der Waals surface area contributed by atoms with Gasteiger partial charge in [-0.1, -0.05) is 18.2 Å². The van der Waals surface area contributed by atoms with E-state index in [0.717, 1.165) is 15.6 Å². The van der Waals surface area contributed by atoms with Crippen molar-refractivity contribution in [1.29, 1.82) is 0 Å². The number of thiophene rings is 1. The lowest BCUT2D eigenvalue weighted by atomic mass is 10.1. The zero-order valence-corrected chi connectivity index (χ0v) is 9.02. The number of nitrogens with one attached hydrogen (secondary N) is 1. The number of aromatic amines is 1. The molecule has 74 valence electrons. The van der Waals surface area contributed by atoms with E-state index in [1.54, 1.807) is 11.3 Å². The molecule has 0 aliphatic carbocycles. The van der Waals surface area contributed by atoms with Crippen LogP contribution in [0.1, 0.15) is 5.56 Å². The van der Waals surface area contributed by atoms with Gasteiger partial charge >= 0.3 is 0 Å². The van der Waals surface area contributed by atoms with Crippen LogP contribution in [-0.4, -0.2) is 4.98 Å². The highest BCUT2D eigenvalue weighted by Crippen LogP contribution is 2.28. The number of aryl methyl sites for hydroxylation is 1. The Morgan fingerprint density at radius 3 is 2.73 bits per heavy atom. The number of fused-ring (bicyclic) bond motifs is 3. The summed E-state index contributed by atoms with van der Waals surface area (Å²) in [4.78, 5) is 15.6. The molecule has 0 atom stereocenters. The van der Waals surface area contributed by atoms with Crippen LogP contribution in [-0.2, 0) is 0 Å². The minimum absolute atomic E-state index is 0.0000463. The summed E-state index contributed by atoms with van der Waals surface area (Å²) in [6.07, 6.45) is 0. The van der Waals surface area contributed by atoms with Gasteiger partial charge in [0.15, 0.2) is 0 Å². The van der Waals surface area contributed by atoms with Crippen molar-refractivity contribution in [1.82, 2.24) is 4.98 Å². The van der Waals surface area contributed by atoms with Crippen molar-refractivity contribution in [2.45, 2.75) is 6.92 Å². The minimum Gasteiger partial charge on any atom is -0.313 e. The summed E-state index contributed by atoms with van der Waals surface area (Å²) in [6.45, 7) is 2.07. The van der Waals surface area contributed by atoms with Gasteiger partial charge in [0.2, 0.25) is 0 Å². The molecular formula is C12H9NOS. The fraction of sp³-hybridized carbons (Fsp3) is 0.0833. The van der Waals surface area contributed by atoms with Gasteiger partial charge in [-0.2, -0.15) is 0 Å². The van der Waals surface area contributed by atoms with Gasteiger partial charge in [-0.25, -0.2) is 0 Å². The smallest absolute Gasteiger partial charge is 0.256 e. The number of hydrogen-bond donors (Lipinski definition) is 1. The lowest BCUT2D eigenvalue weighted by Gasteiger charge is -1.99. The van der Waals surface area contributed by atoms with Crippen molar-refractivity contribution in [3.8, 4) is 0 Å². The first-order valence-electron chi connectivity index (χ1n) is 4.76. The molecule has 2 aromatic heterocycles. The van der Waals surface area contributed by atoms with Gasteiger partial charge in [-0.3, -0.25) is 4.79 Å². The molecule has 0 saturated heterocycles. The molecule has 0 unspecified atom stereocenters. The minimum atomic E-state index is -0.0000463. The Labute approximate surface area is 90.2 Å². The van der Waals surface area contributed by atoms with Gasteiger partial charge in [-0.15, -0.1) is 11.3 Å². The number of H-pyrrole nitrogens is 1. The van der Waals surface area contributed by atoms with Gasteiger partial charge in [0.25, 0.3) is 5.56 Å². The molecule has 0 spiro atoms. The van der Waals surface area contributed by atoms with Gasteiger partial charge < -0.3 is 4.98 Å². The van der Waals surface area contributed by atoms with Crippen LogP contribution in [0.3, 0.4) is 0 Å². The van der Waals surface area contributed by atoms with Crippen molar-refractivity contribution in [3.05, 3.63) is 45.6 Å². The first-order valence-corrected chi connectivity index (χ1v) is 5.64. The Morgan fingerprint density at radius 1 is 1.20 bits per heavy atom. The quantitative estimate of drug-likeness (QED) is 0.614. The lowest BCUT2D eigenvalue weighted by Crippen LogP contribution is -2.04. The Balaban J connectivity index is 2.74. The van der Waals surface area contributed by atoms with Gasteiger partial charge in [0, 0.05) is 10.8 Å². The van der Waals surface area contributed by atoms with Crippen molar-refractivity contribution >= 4 is 32.3 Å². The normalized spacial score (nSPS) is 11.3. The molecule has 0 aliphatic rings. The third-order valence-corrected chi connectivity index (χ3v) is 3.66. The Bertz CT molecular complexity index is 708. The summed E-state index contributed by atoms with van der Waals surface area (Å²) < 4.78 is 0. The van der Waals surface area contributed by atoms with Crippen molar-refractivity contribution in [2.75, 3.05) is 0 Å². The molecule has 0 aliphatic heterocycles. The SMILES string of the molecule is Cc1csc2[nH]c(=O)c3ccccc3c12. The average molecular weight is 215 g/mol. The molecule has 15 heavy (non-hydrogen) atoms. The molecule has 0 amide bonds. The van der Waals surface area contributed by atoms with E-state index >= 15 is 0 Å². The third-order valence-electron chi connectivity index (χ3n) is 2.64. The zero-order valence-electron chi connectivity index (χ0n) is 8.20. The van der Waals surface area contributed by atoms with E-state index < -0.39 is 0 Å². The zero-order chi connectivity index (χ0) is 10.4. The summed E-state index contributed by atoms with van der Waals surface area (Å²) in [5.74, 6) is 0. The topological polar surface area (TPSA) is 32.9 Å². The molecule has 0 radical (unpaired) electrons. The predicted octanol–water partition coefficient (Wildman–Crippen LogP) is 3.05.